The van der Waals surface area contributed by atoms with Gasteiger partial charge in [-0.2, -0.15) is 9.97 Å². The minimum atomic E-state index is -0.830. The Balaban J connectivity index is 0.680. The number of benzene rings is 3. The highest BCUT2D eigenvalue weighted by Gasteiger charge is 2.44. The molecule has 5 N–H and O–H groups in total. The van der Waals surface area contributed by atoms with Gasteiger partial charge in [-0.25, -0.2) is 9.37 Å². The first kappa shape index (κ1) is 55.7. The van der Waals surface area contributed by atoms with Crippen LogP contribution in [0.5, 0.6) is 11.8 Å². The van der Waals surface area contributed by atoms with Crippen LogP contribution in [0.1, 0.15) is 101 Å². The maximum atomic E-state index is 17.3. The Morgan fingerprint density at radius 1 is 0.963 bits per heavy atom. The first-order valence-corrected chi connectivity index (χ1v) is 30.4. The summed E-state index contributed by atoms with van der Waals surface area (Å²) >= 11 is 1.59. The lowest BCUT2D eigenvalue weighted by atomic mass is 9.88. The Hall–Kier alpha value is -6.84. The number of β-amino-alcohol motifs (C(OH)–C–C–N with tert-alkyl or cyclic N) is 1. The third-order valence-corrected chi connectivity index (χ3v) is 18.8. The summed E-state index contributed by atoms with van der Waals surface area (Å²) in [7, 11) is 0. The van der Waals surface area contributed by atoms with Crippen LogP contribution in [-0.4, -0.2) is 153 Å². The number of aliphatic hydroxyl groups excluding tert-OH is 1. The molecular weight excluding hydrogens is 1060 g/mol. The van der Waals surface area contributed by atoms with Crippen LogP contribution in [0, 0.1) is 24.6 Å². The number of rotatable bonds is 17. The number of halogens is 1. The van der Waals surface area contributed by atoms with E-state index in [4.69, 9.17) is 24.2 Å². The molecular formula is C62H75FN12O6S. The number of carbonyl (C=O) groups is 2. The van der Waals surface area contributed by atoms with E-state index in [0.29, 0.717) is 53.0 Å². The summed E-state index contributed by atoms with van der Waals surface area (Å²) in [6, 6.07) is 19.0. The maximum Gasteiger partial charge on any atom is 0.319 e. The number of piperidine rings is 1. The molecule has 5 aliphatic rings. The number of aromatic nitrogens is 5. The molecule has 3 aromatic carbocycles. The van der Waals surface area contributed by atoms with Gasteiger partial charge in [0.2, 0.25) is 11.8 Å². The second kappa shape index (κ2) is 23.8. The van der Waals surface area contributed by atoms with E-state index in [1.54, 1.807) is 29.7 Å². The van der Waals surface area contributed by atoms with E-state index >= 15 is 4.39 Å². The molecule has 4 aromatic heterocycles. The van der Waals surface area contributed by atoms with Crippen molar-refractivity contribution in [3.05, 3.63) is 101 Å². The number of likely N-dealkylation sites (tertiary alicyclic amines) is 1. The van der Waals surface area contributed by atoms with Crippen LogP contribution < -0.4 is 30.5 Å². The average molecular weight is 1140 g/mol. The molecule has 18 nitrogen and oxygen atoms in total. The second-order valence-electron chi connectivity index (χ2n) is 23.6. The number of carbonyl (C=O) groups excluding carboxylic acids is 2. The SMILES string of the molecule is CCc1cccc2cc(O)cc(-c3ncc4c(N5CC6CCC(C5)N6)nc(OCCC5NCCC[C@@H]5CN5CCN(c6cc([C@H](C(=O)N7C[C@H](O)C[C@H]7C(=O)N[C@@H](C)c7ccc(-c8scnc8C)cc7)C(C)C)on6)CC5)nc4c3F)c12. The van der Waals surface area contributed by atoms with Crippen LogP contribution >= 0.6 is 11.3 Å². The number of amides is 2. The maximum absolute atomic E-state index is 17.3. The molecule has 12 rings (SSSR count). The summed E-state index contributed by atoms with van der Waals surface area (Å²) in [5, 5.41) is 39.0. The molecule has 0 aliphatic carbocycles. The summed E-state index contributed by atoms with van der Waals surface area (Å²) in [5.74, 6) is 0.162. The lowest BCUT2D eigenvalue weighted by Crippen LogP contribution is -2.52. The summed E-state index contributed by atoms with van der Waals surface area (Å²) < 4.78 is 29.7. The third kappa shape index (κ3) is 11.4. The molecule has 3 unspecified atom stereocenters. The average Bonchev–Trinajstić information content (AvgIpc) is 2.61. The van der Waals surface area contributed by atoms with Gasteiger partial charge >= 0.3 is 6.01 Å². The number of fused-ring (bicyclic) bond motifs is 4. The van der Waals surface area contributed by atoms with Crippen LogP contribution in [-0.2, 0) is 16.0 Å². The number of aryl methyl sites for hydroxylation is 2. The predicted octanol–water partition coefficient (Wildman–Crippen LogP) is 8.15. The number of aromatic hydroxyl groups is 1. The molecule has 20 heteroatoms. The number of piperazine rings is 2. The summed E-state index contributed by atoms with van der Waals surface area (Å²) in [6.07, 6.45) is 6.78. The van der Waals surface area contributed by atoms with Crippen LogP contribution in [0.2, 0.25) is 0 Å². The standard InChI is InChI=1S/C62H75FN12O6S/c1-6-38-9-7-10-41-25-45(76)26-47(54(38)41)56-55(63)57-48(29-65-56)59(74-31-43-16-17-44(32-74)68-43)70-62(69-57)80-24-18-49-42(11-8-19-64-49)30-72-20-22-73(23-21-72)52-28-51(81-71-52)53(35(2)3)61(79)75-33-46(77)27-50(75)60(78)67-36(4)39-12-14-40(15-13-39)58-37(5)66-34-82-58/h7,9-10,12-15,25-26,28-29,34-36,42-44,46,49-50,53,64,68,76-77H,6,8,11,16-24,27,30-33H2,1-5H3,(H,67,78)/t36-,42+,43?,44?,46+,49?,50-,53+/m0/s1. The Bertz CT molecular complexity index is 3430. The zero-order chi connectivity index (χ0) is 56.8. The third-order valence-electron chi connectivity index (χ3n) is 17.8. The Morgan fingerprint density at radius 3 is 2.50 bits per heavy atom. The van der Waals surface area contributed by atoms with Gasteiger partial charge in [0.25, 0.3) is 0 Å². The van der Waals surface area contributed by atoms with Gasteiger partial charge < -0.3 is 50.1 Å². The predicted molar refractivity (Wildman–Crippen MR) is 316 cm³/mol. The highest BCUT2D eigenvalue weighted by Crippen LogP contribution is 2.40. The Morgan fingerprint density at radius 2 is 1.76 bits per heavy atom. The van der Waals surface area contributed by atoms with E-state index in [-0.39, 0.29) is 65.8 Å². The number of phenolic OH excluding ortho intramolecular Hbond substituents is 1. The number of nitrogens with one attached hydrogen (secondary N) is 3. The number of pyridine rings is 1. The first-order chi connectivity index (χ1) is 39.8. The van der Waals surface area contributed by atoms with E-state index in [1.165, 1.54) is 4.90 Å². The van der Waals surface area contributed by atoms with Crippen molar-refractivity contribution in [3.8, 4) is 33.5 Å². The Kier molecular flexibility index (Phi) is 16.2. The monoisotopic (exact) mass is 1130 g/mol. The van der Waals surface area contributed by atoms with Gasteiger partial charge in [0.05, 0.1) is 40.2 Å². The largest absolute Gasteiger partial charge is 0.508 e. The number of nitrogens with zero attached hydrogens (tertiary/aromatic N) is 9. The highest BCUT2D eigenvalue weighted by molar-refractivity contribution is 7.13. The van der Waals surface area contributed by atoms with E-state index in [1.807, 2.05) is 81.7 Å². The van der Waals surface area contributed by atoms with E-state index in [2.05, 4.69) is 47.7 Å². The molecule has 2 amide bonds. The fraction of sp³-hybridized carbons (Fsp3) is 0.500. The van der Waals surface area contributed by atoms with Crippen LogP contribution in [0.15, 0.2) is 76.9 Å². The molecule has 82 heavy (non-hydrogen) atoms. The molecule has 8 atom stereocenters. The molecule has 7 aromatic rings. The molecule has 5 saturated heterocycles. The molecule has 2 bridgehead atoms. The van der Waals surface area contributed by atoms with Crippen molar-refractivity contribution in [2.75, 3.05) is 75.3 Å². The number of thiazole rings is 1. The fourth-order valence-electron chi connectivity index (χ4n) is 13.5. The molecule has 9 heterocycles. The smallest absolute Gasteiger partial charge is 0.319 e. The van der Waals surface area contributed by atoms with Crippen molar-refractivity contribution in [3.63, 3.8) is 0 Å². The summed E-state index contributed by atoms with van der Waals surface area (Å²) in [5.41, 5.74) is 6.65. The number of anilines is 2. The number of aliphatic hydroxyl groups is 1. The molecule has 432 valence electrons. The van der Waals surface area contributed by atoms with Crippen molar-refractivity contribution < 1.29 is 33.5 Å². The van der Waals surface area contributed by atoms with Gasteiger partial charge in [0, 0.05) is 94.7 Å². The molecule has 0 radical (unpaired) electrons. The van der Waals surface area contributed by atoms with Gasteiger partial charge in [-0.05, 0) is 110 Å². The van der Waals surface area contributed by atoms with Gasteiger partial charge in [0.15, 0.2) is 17.4 Å². The van der Waals surface area contributed by atoms with Crippen LogP contribution in [0.3, 0.4) is 0 Å². The molecule has 0 spiro atoms. The molecule has 5 fully saturated rings. The van der Waals surface area contributed by atoms with Gasteiger partial charge in [0.1, 0.15) is 34.7 Å². The van der Waals surface area contributed by atoms with E-state index in [0.717, 1.165) is 129 Å². The van der Waals surface area contributed by atoms with Crippen molar-refractivity contribution >= 4 is 56.5 Å². The number of phenols is 1. The summed E-state index contributed by atoms with van der Waals surface area (Å²) in [4.78, 5) is 56.9. The van der Waals surface area contributed by atoms with E-state index < -0.39 is 23.9 Å². The zero-order valence-electron chi connectivity index (χ0n) is 47.5. The van der Waals surface area contributed by atoms with Crippen LogP contribution in [0.25, 0.3) is 43.4 Å². The first-order valence-electron chi connectivity index (χ1n) is 29.5. The van der Waals surface area contributed by atoms with Crippen molar-refractivity contribution in [1.29, 1.82) is 0 Å². The molecule has 0 saturated carbocycles. The van der Waals surface area contributed by atoms with Gasteiger partial charge in [-0.1, -0.05) is 68.4 Å². The van der Waals surface area contributed by atoms with Crippen LogP contribution in [0.4, 0.5) is 16.0 Å². The van der Waals surface area contributed by atoms with Crippen molar-refractivity contribution in [2.24, 2.45) is 11.8 Å². The second-order valence-corrected chi connectivity index (χ2v) is 24.5. The van der Waals surface area contributed by atoms with Crippen molar-refractivity contribution in [1.82, 2.24) is 50.8 Å². The van der Waals surface area contributed by atoms with Gasteiger partial charge in [-0.15, -0.1) is 11.3 Å². The van der Waals surface area contributed by atoms with E-state index in [9.17, 15) is 19.8 Å². The minimum absolute atomic E-state index is 0.0391. The van der Waals surface area contributed by atoms with Crippen molar-refractivity contribution in [2.45, 2.75) is 122 Å². The Labute approximate surface area is 481 Å². The fourth-order valence-corrected chi connectivity index (χ4v) is 14.3. The number of hydrogen-bond donors (Lipinski definition) is 5. The quantitative estimate of drug-likeness (QED) is 0.0583. The van der Waals surface area contributed by atoms with Gasteiger partial charge in [-0.3, -0.25) is 19.5 Å². The zero-order valence-corrected chi connectivity index (χ0v) is 48.3. The lowest BCUT2D eigenvalue weighted by Gasteiger charge is -2.40. The topological polar surface area (TPSA) is 210 Å². The highest BCUT2D eigenvalue weighted by atomic mass is 32.1. The lowest BCUT2D eigenvalue weighted by molar-refractivity contribution is -0.141. The summed E-state index contributed by atoms with van der Waals surface area (Å²) in [6.45, 7) is 16.8. The normalized spacial score (nSPS) is 23.0. The number of ether oxygens (including phenoxy) is 1. The minimum Gasteiger partial charge on any atom is -0.508 e. The molecule has 5 aliphatic heterocycles. The number of hydrogen-bond acceptors (Lipinski definition) is 17.